The number of carboxylic acids is 1. The highest BCUT2D eigenvalue weighted by Crippen LogP contribution is 2.24. The van der Waals surface area contributed by atoms with Crippen LogP contribution in [0.1, 0.15) is 24.8 Å². The molecule has 0 saturated heterocycles. The van der Waals surface area contributed by atoms with Gasteiger partial charge in [-0.2, -0.15) is 0 Å². The SMILES string of the molecule is CCCC(NC(=O)COc1ccc2c(=O)c(-c3csc(C)n3)coc2c1)C(=O)O. The van der Waals surface area contributed by atoms with Gasteiger partial charge in [0.2, 0.25) is 5.43 Å². The quantitative estimate of drug-likeness (QED) is 0.579. The van der Waals surface area contributed by atoms with Crippen LogP contribution in [0.5, 0.6) is 5.75 Å². The van der Waals surface area contributed by atoms with E-state index in [9.17, 15) is 14.4 Å². The molecule has 0 radical (unpaired) electrons. The molecule has 9 heteroatoms. The molecule has 8 nitrogen and oxygen atoms in total. The number of nitrogens with zero attached hydrogens (tertiary/aromatic N) is 1. The highest BCUT2D eigenvalue weighted by atomic mass is 32.1. The van der Waals surface area contributed by atoms with Gasteiger partial charge in [-0.05, 0) is 25.5 Å². The first-order chi connectivity index (χ1) is 13.9. The largest absolute Gasteiger partial charge is 0.484 e. The van der Waals surface area contributed by atoms with Crippen molar-refractivity contribution in [3.05, 3.63) is 45.1 Å². The van der Waals surface area contributed by atoms with E-state index in [1.54, 1.807) is 17.5 Å². The van der Waals surface area contributed by atoms with Crippen LogP contribution in [0.3, 0.4) is 0 Å². The van der Waals surface area contributed by atoms with Gasteiger partial charge in [0.1, 0.15) is 23.6 Å². The number of amides is 1. The standard InChI is InChI=1S/C20H20N2O6S/c1-3-4-15(20(25)26)22-18(23)9-27-12-5-6-13-17(7-12)28-8-14(19(13)24)16-10-29-11(2)21-16/h5-8,10,15H,3-4,9H2,1-2H3,(H,22,23)(H,25,26). The van der Waals surface area contributed by atoms with Crippen molar-refractivity contribution in [2.45, 2.75) is 32.7 Å². The molecule has 1 atom stereocenters. The number of aryl methyl sites for hydroxylation is 1. The minimum Gasteiger partial charge on any atom is -0.484 e. The lowest BCUT2D eigenvalue weighted by atomic mass is 10.1. The minimum atomic E-state index is -1.08. The van der Waals surface area contributed by atoms with Crippen LogP contribution in [0.2, 0.25) is 0 Å². The van der Waals surface area contributed by atoms with Crippen molar-refractivity contribution in [1.82, 2.24) is 10.3 Å². The Kier molecular flexibility index (Phi) is 6.28. The third kappa shape index (κ3) is 4.80. The van der Waals surface area contributed by atoms with Crippen molar-refractivity contribution in [2.24, 2.45) is 0 Å². The molecule has 0 spiro atoms. The molecular weight excluding hydrogens is 396 g/mol. The predicted molar refractivity (Wildman–Crippen MR) is 108 cm³/mol. The lowest BCUT2D eigenvalue weighted by molar-refractivity contribution is -0.142. The zero-order valence-corrected chi connectivity index (χ0v) is 16.7. The fourth-order valence-electron chi connectivity index (χ4n) is 2.79. The van der Waals surface area contributed by atoms with Crippen LogP contribution in [-0.2, 0) is 9.59 Å². The smallest absolute Gasteiger partial charge is 0.326 e. The molecule has 2 heterocycles. The number of aliphatic carboxylic acids is 1. The molecule has 152 valence electrons. The lowest BCUT2D eigenvalue weighted by Crippen LogP contribution is -2.42. The predicted octanol–water partition coefficient (Wildman–Crippen LogP) is 2.97. The van der Waals surface area contributed by atoms with Crippen molar-refractivity contribution >= 4 is 34.2 Å². The van der Waals surface area contributed by atoms with E-state index in [4.69, 9.17) is 14.3 Å². The zero-order valence-electron chi connectivity index (χ0n) is 15.9. The third-order valence-corrected chi connectivity index (χ3v) is 5.00. The molecule has 0 fully saturated rings. The second-order valence-electron chi connectivity index (χ2n) is 6.42. The first-order valence-electron chi connectivity index (χ1n) is 9.02. The highest BCUT2D eigenvalue weighted by molar-refractivity contribution is 7.09. The van der Waals surface area contributed by atoms with Gasteiger partial charge in [0.25, 0.3) is 5.91 Å². The molecule has 0 aliphatic carbocycles. The van der Waals surface area contributed by atoms with E-state index in [-0.39, 0.29) is 12.0 Å². The molecule has 3 aromatic rings. The molecular formula is C20H20N2O6S. The normalized spacial score (nSPS) is 11.9. The number of carboxylic acid groups (broad SMARTS) is 1. The number of hydrogen-bond acceptors (Lipinski definition) is 7. The molecule has 1 aromatic carbocycles. The summed E-state index contributed by atoms with van der Waals surface area (Å²) in [5, 5.41) is 14.5. The highest BCUT2D eigenvalue weighted by Gasteiger charge is 2.19. The summed E-state index contributed by atoms with van der Waals surface area (Å²) < 4.78 is 11.0. The van der Waals surface area contributed by atoms with Crippen molar-refractivity contribution in [3.8, 4) is 17.0 Å². The van der Waals surface area contributed by atoms with Crippen LogP contribution < -0.4 is 15.5 Å². The molecule has 0 bridgehead atoms. The number of carbonyl (C=O) groups is 2. The maximum absolute atomic E-state index is 12.7. The van der Waals surface area contributed by atoms with E-state index >= 15 is 0 Å². The van der Waals surface area contributed by atoms with Crippen LogP contribution in [0.4, 0.5) is 0 Å². The van der Waals surface area contributed by atoms with Gasteiger partial charge in [0.15, 0.2) is 6.61 Å². The molecule has 2 aromatic heterocycles. The van der Waals surface area contributed by atoms with Crippen LogP contribution >= 0.6 is 11.3 Å². The Morgan fingerprint density at radius 2 is 2.17 bits per heavy atom. The van der Waals surface area contributed by atoms with Gasteiger partial charge in [0, 0.05) is 11.4 Å². The Balaban J connectivity index is 1.72. The fourth-order valence-corrected chi connectivity index (χ4v) is 3.41. The Bertz CT molecular complexity index is 1100. The summed E-state index contributed by atoms with van der Waals surface area (Å²) in [5.74, 6) is -1.30. The van der Waals surface area contributed by atoms with E-state index in [0.717, 1.165) is 5.01 Å². The number of aromatic nitrogens is 1. The van der Waals surface area contributed by atoms with Gasteiger partial charge in [-0.3, -0.25) is 9.59 Å². The first kappa shape index (κ1) is 20.5. The summed E-state index contributed by atoms with van der Waals surface area (Å²) in [7, 11) is 0. The second kappa shape index (κ2) is 8.87. The number of fused-ring (bicyclic) bond motifs is 1. The van der Waals surface area contributed by atoms with Crippen molar-refractivity contribution < 1.29 is 23.8 Å². The fraction of sp³-hybridized carbons (Fsp3) is 0.300. The maximum atomic E-state index is 12.7. The van der Waals surface area contributed by atoms with Crippen LogP contribution in [0, 0.1) is 6.92 Å². The van der Waals surface area contributed by atoms with Gasteiger partial charge >= 0.3 is 5.97 Å². The molecule has 3 rings (SSSR count). The number of ether oxygens (including phenoxy) is 1. The van der Waals surface area contributed by atoms with Crippen molar-refractivity contribution in [2.75, 3.05) is 6.61 Å². The monoisotopic (exact) mass is 416 g/mol. The van der Waals surface area contributed by atoms with Gasteiger partial charge in [-0.1, -0.05) is 13.3 Å². The van der Waals surface area contributed by atoms with Crippen molar-refractivity contribution in [1.29, 1.82) is 0 Å². The number of benzene rings is 1. The summed E-state index contributed by atoms with van der Waals surface area (Å²) >= 11 is 1.45. The number of carbonyl (C=O) groups excluding carboxylic acids is 1. The zero-order chi connectivity index (χ0) is 21.0. The summed E-state index contributed by atoms with van der Waals surface area (Å²) in [6.45, 7) is 3.35. The summed E-state index contributed by atoms with van der Waals surface area (Å²) in [4.78, 5) is 40.1. The van der Waals surface area contributed by atoms with E-state index in [2.05, 4.69) is 10.3 Å². The van der Waals surface area contributed by atoms with E-state index < -0.39 is 17.9 Å². The second-order valence-corrected chi connectivity index (χ2v) is 7.49. The molecule has 0 saturated carbocycles. The topological polar surface area (TPSA) is 119 Å². The van der Waals surface area contributed by atoms with E-state index in [1.807, 2.05) is 13.8 Å². The van der Waals surface area contributed by atoms with Crippen LogP contribution in [-0.4, -0.2) is 34.6 Å². The van der Waals surface area contributed by atoms with Gasteiger partial charge in [-0.15, -0.1) is 11.3 Å². The summed E-state index contributed by atoms with van der Waals surface area (Å²) in [6.07, 6.45) is 2.32. The number of nitrogens with one attached hydrogen (secondary N) is 1. The van der Waals surface area contributed by atoms with Crippen molar-refractivity contribution in [3.63, 3.8) is 0 Å². The van der Waals surface area contributed by atoms with E-state index in [1.165, 1.54) is 23.7 Å². The lowest BCUT2D eigenvalue weighted by Gasteiger charge is -2.14. The average molecular weight is 416 g/mol. The minimum absolute atomic E-state index is 0.204. The first-order valence-corrected chi connectivity index (χ1v) is 9.90. The number of hydrogen-bond donors (Lipinski definition) is 2. The van der Waals surface area contributed by atoms with Gasteiger partial charge < -0.3 is 19.6 Å². The summed E-state index contributed by atoms with van der Waals surface area (Å²) in [5.41, 5.74) is 1.06. The molecule has 2 N–H and O–H groups in total. The Hall–Kier alpha value is -3.20. The molecule has 1 unspecified atom stereocenters. The Morgan fingerprint density at radius 3 is 2.83 bits per heavy atom. The average Bonchev–Trinajstić information content (AvgIpc) is 3.12. The molecule has 29 heavy (non-hydrogen) atoms. The Morgan fingerprint density at radius 1 is 1.38 bits per heavy atom. The van der Waals surface area contributed by atoms with Crippen LogP contribution in [0.25, 0.3) is 22.2 Å². The number of thiazole rings is 1. The Labute approximate surface area is 170 Å². The molecule has 1 amide bonds. The van der Waals surface area contributed by atoms with Crippen LogP contribution in [0.15, 0.2) is 39.1 Å². The summed E-state index contributed by atoms with van der Waals surface area (Å²) in [6, 6.07) is 3.69. The molecule has 0 aliphatic rings. The maximum Gasteiger partial charge on any atom is 0.326 e. The van der Waals surface area contributed by atoms with Gasteiger partial charge in [-0.25, -0.2) is 9.78 Å². The number of rotatable bonds is 8. The van der Waals surface area contributed by atoms with E-state index in [0.29, 0.717) is 40.8 Å². The third-order valence-electron chi connectivity index (χ3n) is 4.22. The van der Waals surface area contributed by atoms with Gasteiger partial charge in [0.05, 0.1) is 21.7 Å². The molecule has 0 aliphatic heterocycles.